The molecule has 0 aromatic heterocycles. The van der Waals surface area contributed by atoms with Crippen molar-refractivity contribution in [2.45, 2.75) is 26.4 Å². The van der Waals surface area contributed by atoms with Crippen LogP contribution in [-0.2, 0) is 10.3 Å². The molecule has 3 rings (SSSR count). The summed E-state index contributed by atoms with van der Waals surface area (Å²) in [6, 6.07) is 10.7. The van der Waals surface area contributed by atoms with Crippen molar-refractivity contribution >= 4 is 35.8 Å². The Morgan fingerprint density at radius 3 is 2.70 bits per heavy atom. The van der Waals surface area contributed by atoms with Gasteiger partial charge in [-0.15, -0.1) is 0 Å². The molecule has 2 aromatic carbocycles. The van der Waals surface area contributed by atoms with Crippen molar-refractivity contribution in [2.75, 3.05) is 5.32 Å². The number of fused-ring (bicyclic) bond motifs is 1. The second kappa shape index (κ2) is 5.67. The monoisotopic (exact) mass is 329 g/mol. The highest BCUT2D eigenvalue weighted by Crippen LogP contribution is 2.30. The summed E-state index contributed by atoms with van der Waals surface area (Å²) in [6.45, 7) is 5.70. The molecular formula is C17H17BClNO3. The maximum atomic E-state index is 12.4. The Labute approximate surface area is 140 Å². The number of carbonyl (C=O) groups is 1. The van der Waals surface area contributed by atoms with Gasteiger partial charge in [0.05, 0.1) is 16.2 Å². The van der Waals surface area contributed by atoms with Crippen molar-refractivity contribution in [2.24, 2.45) is 0 Å². The highest BCUT2D eigenvalue weighted by Gasteiger charge is 2.40. The van der Waals surface area contributed by atoms with E-state index in [2.05, 4.69) is 5.32 Å². The first kappa shape index (κ1) is 16.1. The Balaban J connectivity index is 1.87. The number of hydrogen-bond donors (Lipinski definition) is 2. The Hall–Kier alpha value is -1.82. The van der Waals surface area contributed by atoms with Crippen LogP contribution in [-0.4, -0.2) is 18.0 Å². The minimum atomic E-state index is -0.986. The molecule has 2 aromatic rings. The Morgan fingerprint density at radius 2 is 2.00 bits per heavy atom. The number of halogens is 1. The molecule has 1 amide bonds. The van der Waals surface area contributed by atoms with Gasteiger partial charge in [-0.1, -0.05) is 23.7 Å². The summed E-state index contributed by atoms with van der Waals surface area (Å²) < 4.78 is 5.52. The van der Waals surface area contributed by atoms with Gasteiger partial charge in [-0.25, -0.2) is 0 Å². The molecule has 0 saturated heterocycles. The zero-order valence-electron chi connectivity index (χ0n) is 13.2. The number of anilines is 1. The lowest BCUT2D eigenvalue weighted by Crippen LogP contribution is -2.29. The number of rotatable bonds is 2. The number of hydrogen-bond acceptors (Lipinski definition) is 3. The molecule has 0 saturated carbocycles. The van der Waals surface area contributed by atoms with E-state index in [1.54, 1.807) is 24.3 Å². The van der Waals surface area contributed by atoms with Crippen LogP contribution in [0, 0.1) is 6.92 Å². The molecule has 1 aliphatic rings. The average molecular weight is 330 g/mol. The molecule has 0 unspecified atom stereocenters. The highest BCUT2D eigenvalue weighted by atomic mass is 35.5. The van der Waals surface area contributed by atoms with Gasteiger partial charge in [-0.05, 0) is 61.6 Å². The molecule has 118 valence electrons. The van der Waals surface area contributed by atoms with Crippen LogP contribution in [0.3, 0.4) is 0 Å². The largest absolute Gasteiger partial charge is 0.492 e. The zero-order chi connectivity index (χ0) is 16.8. The fraction of sp³-hybridized carbons (Fsp3) is 0.235. The third kappa shape index (κ3) is 3.00. The van der Waals surface area contributed by atoms with E-state index in [0.717, 1.165) is 11.1 Å². The van der Waals surface area contributed by atoms with Crippen LogP contribution in [0.15, 0.2) is 36.4 Å². The van der Waals surface area contributed by atoms with Gasteiger partial charge in [0.2, 0.25) is 0 Å². The maximum absolute atomic E-state index is 12.4. The molecule has 23 heavy (non-hydrogen) atoms. The molecule has 2 N–H and O–H groups in total. The third-order valence-corrected chi connectivity index (χ3v) is 4.31. The molecule has 1 heterocycles. The van der Waals surface area contributed by atoms with E-state index in [1.165, 1.54) is 0 Å². The lowest BCUT2D eigenvalue weighted by atomic mass is 9.78. The maximum Gasteiger partial charge on any atom is 0.492 e. The predicted molar refractivity (Wildman–Crippen MR) is 92.3 cm³/mol. The van der Waals surface area contributed by atoms with Crippen molar-refractivity contribution in [3.8, 4) is 0 Å². The number of benzene rings is 2. The molecule has 0 radical (unpaired) electrons. The Kier molecular flexibility index (Phi) is 3.96. The van der Waals surface area contributed by atoms with Gasteiger partial charge in [0.25, 0.3) is 5.91 Å². The first-order valence-electron chi connectivity index (χ1n) is 7.36. The summed E-state index contributed by atoms with van der Waals surface area (Å²) >= 11 is 6.12. The fourth-order valence-electron chi connectivity index (χ4n) is 2.80. The topological polar surface area (TPSA) is 58.6 Å². The molecule has 0 bridgehead atoms. The number of carbonyl (C=O) groups excluding carboxylic acids is 1. The Bertz CT molecular complexity index is 791. The minimum Gasteiger partial charge on any atom is -0.423 e. The number of aryl methyl sites for hydroxylation is 1. The predicted octanol–water partition coefficient (Wildman–Crippen LogP) is 2.85. The summed E-state index contributed by atoms with van der Waals surface area (Å²) in [7, 11) is -0.986. The van der Waals surface area contributed by atoms with E-state index in [9.17, 15) is 9.82 Å². The first-order chi connectivity index (χ1) is 10.8. The van der Waals surface area contributed by atoms with E-state index < -0.39 is 12.7 Å². The second-order valence-electron chi connectivity index (χ2n) is 6.22. The molecule has 1 aliphatic heterocycles. The molecular weight excluding hydrogens is 312 g/mol. The van der Waals surface area contributed by atoms with Crippen LogP contribution in [0.5, 0.6) is 0 Å². The van der Waals surface area contributed by atoms with E-state index in [1.807, 2.05) is 32.9 Å². The van der Waals surface area contributed by atoms with Crippen LogP contribution < -0.4 is 10.8 Å². The molecule has 0 atom stereocenters. The van der Waals surface area contributed by atoms with Crippen molar-refractivity contribution in [1.29, 1.82) is 0 Å². The molecule has 4 nitrogen and oxygen atoms in total. The van der Waals surface area contributed by atoms with Gasteiger partial charge in [0, 0.05) is 5.69 Å². The molecule has 0 aliphatic carbocycles. The lowest BCUT2D eigenvalue weighted by molar-refractivity contribution is 0.101. The van der Waals surface area contributed by atoms with Crippen molar-refractivity contribution in [3.63, 3.8) is 0 Å². The Morgan fingerprint density at radius 1 is 1.26 bits per heavy atom. The van der Waals surface area contributed by atoms with Crippen molar-refractivity contribution in [3.05, 3.63) is 58.1 Å². The van der Waals surface area contributed by atoms with Gasteiger partial charge in [0.15, 0.2) is 0 Å². The zero-order valence-corrected chi connectivity index (χ0v) is 13.9. The summed E-state index contributed by atoms with van der Waals surface area (Å²) in [6.07, 6.45) is 0. The van der Waals surface area contributed by atoms with Crippen molar-refractivity contribution in [1.82, 2.24) is 0 Å². The van der Waals surface area contributed by atoms with Crippen LogP contribution in [0.2, 0.25) is 5.02 Å². The summed E-state index contributed by atoms with van der Waals surface area (Å²) in [5.74, 6) is -0.289. The van der Waals surface area contributed by atoms with Gasteiger partial charge in [0.1, 0.15) is 0 Å². The standard InChI is InChI=1S/C17H17BClNO3/c1-10-4-6-12(15(19)8-10)16(21)20-11-5-7-13-14(9-11)18(22)23-17(13,2)3/h4-9,22H,1-3H3,(H,20,21). The third-order valence-electron chi connectivity index (χ3n) is 4.00. The number of amides is 1. The van der Waals surface area contributed by atoms with Crippen molar-refractivity contribution < 1.29 is 14.5 Å². The molecule has 0 fully saturated rings. The summed E-state index contributed by atoms with van der Waals surface area (Å²) in [4.78, 5) is 12.4. The molecule has 0 spiro atoms. The molecule has 6 heteroatoms. The lowest BCUT2D eigenvalue weighted by Gasteiger charge is -2.19. The smallest absolute Gasteiger partial charge is 0.423 e. The van der Waals surface area contributed by atoms with E-state index in [-0.39, 0.29) is 5.91 Å². The average Bonchev–Trinajstić information content (AvgIpc) is 2.68. The van der Waals surface area contributed by atoms with Crippen LogP contribution in [0.25, 0.3) is 0 Å². The van der Waals surface area contributed by atoms with Gasteiger partial charge in [-0.3, -0.25) is 4.79 Å². The highest BCUT2D eigenvalue weighted by molar-refractivity contribution is 6.62. The fourth-order valence-corrected chi connectivity index (χ4v) is 3.12. The summed E-state index contributed by atoms with van der Waals surface area (Å²) in [5, 5.41) is 13.2. The van der Waals surface area contributed by atoms with Crippen LogP contribution in [0.4, 0.5) is 5.69 Å². The van der Waals surface area contributed by atoms with E-state index >= 15 is 0 Å². The first-order valence-corrected chi connectivity index (χ1v) is 7.73. The van der Waals surface area contributed by atoms with Crippen LogP contribution in [0.1, 0.15) is 35.3 Å². The quantitative estimate of drug-likeness (QED) is 0.833. The van der Waals surface area contributed by atoms with E-state index in [0.29, 0.717) is 21.7 Å². The summed E-state index contributed by atoms with van der Waals surface area (Å²) in [5.41, 5.74) is 3.03. The SMILES string of the molecule is Cc1ccc(C(=O)Nc2ccc3c(c2)B(O)OC3(C)C)c(Cl)c1. The van der Waals surface area contributed by atoms with Gasteiger partial charge in [-0.2, -0.15) is 0 Å². The normalized spacial score (nSPS) is 15.4. The van der Waals surface area contributed by atoms with Gasteiger partial charge >= 0.3 is 7.12 Å². The number of nitrogens with one attached hydrogen (secondary N) is 1. The van der Waals surface area contributed by atoms with Crippen LogP contribution >= 0.6 is 11.6 Å². The minimum absolute atomic E-state index is 0.289. The van der Waals surface area contributed by atoms with Gasteiger partial charge < -0.3 is 15.0 Å². The second-order valence-corrected chi connectivity index (χ2v) is 6.63. The van der Waals surface area contributed by atoms with E-state index in [4.69, 9.17) is 16.3 Å².